The van der Waals surface area contributed by atoms with Crippen molar-refractivity contribution in [3.8, 4) is 5.75 Å². The van der Waals surface area contributed by atoms with Gasteiger partial charge in [0.05, 0.1) is 12.8 Å². The first kappa shape index (κ1) is 22.5. The van der Waals surface area contributed by atoms with Gasteiger partial charge in [0, 0.05) is 51.3 Å². The fourth-order valence-electron chi connectivity index (χ4n) is 4.78. The molecule has 1 aromatic heterocycles. The number of carbonyl (C=O) groups is 2. The molecular weight excluding hydrogens is 452 g/mol. The number of nitrogens with zero attached hydrogens (tertiary/aromatic N) is 5. The zero-order chi connectivity index (χ0) is 23.7. The molecule has 0 spiro atoms. The van der Waals surface area contributed by atoms with Crippen LogP contribution >= 0.6 is 11.3 Å². The fourth-order valence-corrected chi connectivity index (χ4v) is 5.62. The summed E-state index contributed by atoms with van der Waals surface area (Å²) in [6.07, 6.45) is 1.49. The molecule has 10 heteroatoms. The number of benzene rings is 1. The van der Waals surface area contributed by atoms with Crippen LogP contribution in [-0.2, 0) is 4.79 Å². The number of fused-ring (bicyclic) bond motifs is 3. The molecule has 0 saturated carbocycles. The van der Waals surface area contributed by atoms with Crippen LogP contribution in [0.5, 0.6) is 5.75 Å². The maximum Gasteiger partial charge on any atom is 0.269 e. The summed E-state index contributed by atoms with van der Waals surface area (Å²) in [6.45, 7) is 5.74. The number of hydrogen-bond acceptors (Lipinski definition) is 8. The third-order valence-corrected chi connectivity index (χ3v) is 7.47. The van der Waals surface area contributed by atoms with Crippen molar-refractivity contribution in [1.29, 1.82) is 0 Å². The first-order valence-electron chi connectivity index (χ1n) is 11.8. The molecule has 1 aromatic carbocycles. The highest BCUT2D eigenvalue weighted by Gasteiger charge is 2.43. The summed E-state index contributed by atoms with van der Waals surface area (Å²) < 4.78 is 5.24. The Morgan fingerprint density at radius 3 is 2.65 bits per heavy atom. The SMILES string of the molecule is CCCN1C(=O)c2sccc2N2C(CCC(=O)N3CCN(c4ccc(OC)cc4)CC3)=NNC12. The van der Waals surface area contributed by atoms with Gasteiger partial charge in [-0.2, -0.15) is 5.10 Å². The minimum Gasteiger partial charge on any atom is -0.497 e. The standard InChI is InChI=1S/C24H30N6O3S/c1-3-11-29-23(32)22-19(10-16-34-22)30-20(25-26-24(29)30)8-9-21(31)28-14-12-27(13-15-28)17-4-6-18(33-2)7-5-17/h4-7,10,16,24,26H,3,8-9,11-15H2,1-2H3. The lowest BCUT2D eigenvalue weighted by Crippen LogP contribution is -2.58. The Balaban J connectivity index is 1.18. The number of amidine groups is 1. The van der Waals surface area contributed by atoms with E-state index in [0.29, 0.717) is 32.5 Å². The molecule has 1 unspecified atom stereocenters. The molecule has 4 heterocycles. The molecule has 3 aliphatic rings. The maximum atomic E-state index is 13.0. The first-order valence-corrected chi connectivity index (χ1v) is 12.6. The summed E-state index contributed by atoms with van der Waals surface area (Å²) >= 11 is 1.46. The minimum atomic E-state index is -0.312. The van der Waals surface area contributed by atoms with E-state index in [4.69, 9.17) is 4.74 Å². The van der Waals surface area contributed by atoms with Gasteiger partial charge < -0.3 is 14.5 Å². The number of hydrogen-bond donors (Lipinski definition) is 1. The summed E-state index contributed by atoms with van der Waals surface area (Å²) in [5.74, 6) is 1.84. The molecule has 1 fully saturated rings. The Hall–Kier alpha value is -3.27. The maximum absolute atomic E-state index is 13.0. The van der Waals surface area contributed by atoms with Crippen LogP contribution in [-0.4, -0.2) is 73.6 Å². The molecule has 3 aliphatic heterocycles. The van der Waals surface area contributed by atoms with Gasteiger partial charge in [-0.25, -0.2) is 0 Å². The Labute approximate surface area is 203 Å². The van der Waals surface area contributed by atoms with Gasteiger partial charge in [0.2, 0.25) is 12.2 Å². The number of carbonyl (C=O) groups excluding carboxylic acids is 2. The molecule has 2 aromatic rings. The van der Waals surface area contributed by atoms with Crippen LogP contribution in [0.1, 0.15) is 35.9 Å². The van der Waals surface area contributed by atoms with Gasteiger partial charge >= 0.3 is 0 Å². The van der Waals surface area contributed by atoms with E-state index in [1.165, 1.54) is 11.3 Å². The summed E-state index contributed by atoms with van der Waals surface area (Å²) in [4.78, 5) is 34.8. The number of thiophene rings is 1. The Morgan fingerprint density at radius 1 is 1.18 bits per heavy atom. The highest BCUT2D eigenvalue weighted by Crippen LogP contribution is 2.37. The predicted molar refractivity (Wildman–Crippen MR) is 134 cm³/mol. The van der Waals surface area contributed by atoms with Crippen LogP contribution < -0.4 is 20.0 Å². The van der Waals surface area contributed by atoms with Crippen LogP contribution in [0.2, 0.25) is 0 Å². The van der Waals surface area contributed by atoms with Crippen molar-refractivity contribution < 1.29 is 14.3 Å². The average molecular weight is 483 g/mol. The minimum absolute atomic E-state index is 0.0443. The van der Waals surface area contributed by atoms with Crippen molar-refractivity contribution in [3.63, 3.8) is 0 Å². The van der Waals surface area contributed by atoms with Crippen LogP contribution in [0.15, 0.2) is 40.8 Å². The molecule has 0 aliphatic carbocycles. The lowest BCUT2D eigenvalue weighted by atomic mass is 10.1. The highest BCUT2D eigenvalue weighted by atomic mass is 32.1. The average Bonchev–Trinajstić information content (AvgIpc) is 3.52. The normalized spacial score (nSPS) is 19.5. The van der Waals surface area contributed by atoms with Gasteiger partial charge in [-0.15, -0.1) is 11.3 Å². The number of rotatable bonds is 7. The largest absolute Gasteiger partial charge is 0.497 e. The van der Waals surface area contributed by atoms with E-state index in [2.05, 4.69) is 39.4 Å². The van der Waals surface area contributed by atoms with E-state index in [1.807, 2.05) is 33.4 Å². The number of ether oxygens (including phenoxy) is 1. The highest BCUT2D eigenvalue weighted by molar-refractivity contribution is 7.12. The molecule has 0 bridgehead atoms. The van der Waals surface area contributed by atoms with Gasteiger partial charge in [-0.3, -0.25) is 24.8 Å². The zero-order valence-electron chi connectivity index (χ0n) is 19.6. The van der Waals surface area contributed by atoms with E-state index < -0.39 is 0 Å². The third-order valence-electron chi connectivity index (χ3n) is 6.58. The van der Waals surface area contributed by atoms with Crippen LogP contribution in [0, 0.1) is 0 Å². The monoisotopic (exact) mass is 482 g/mol. The second-order valence-corrected chi connectivity index (χ2v) is 9.52. The molecule has 5 rings (SSSR count). The topological polar surface area (TPSA) is 80.7 Å². The molecule has 1 atom stereocenters. The lowest BCUT2D eigenvalue weighted by Gasteiger charge is -2.39. The first-order chi connectivity index (χ1) is 16.6. The fraction of sp³-hybridized carbons (Fsp3) is 0.458. The number of anilines is 2. The van der Waals surface area contributed by atoms with E-state index >= 15 is 0 Å². The van der Waals surface area contributed by atoms with E-state index in [-0.39, 0.29) is 18.1 Å². The van der Waals surface area contributed by atoms with E-state index in [1.54, 1.807) is 7.11 Å². The number of piperazine rings is 1. The number of nitrogens with one attached hydrogen (secondary N) is 1. The van der Waals surface area contributed by atoms with Crippen LogP contribution in [0.25, 0.3) is 0 Å². The van der Waals surface area contributed by atoms with Gasteiger partial charge in [-0.05, 0) is 42.1 Å². The second-order valence-electron chi connectivity index (χ2n) is 8.60. The van der Waals surface area contributed by atoms with Crippen molar-refractivity contribution in [2.75, 3.05) is 49.6 Å². The summed E-state index contributed by atoms with van der Waals surface area (Å²) in [6, 6.07) is 10.0. The Morgan fingerprint density at radius 2 is 1.94 bits per heavy atom. The van der Waals surface area contributed by atoms with Crippen LogP contribution in [0.3, 0.4) is 0 Å². The molecule has 0 radical (unpaired) electrons. The van der Waals surface area contributed by atoms with E-state index in [9.17, 15) is 9.59 Å². The van der Waals surface area contributed by atoms with Crippen molar-refractivity contribution in [1.82, 2.24) is 15.2 Å². The van der Waals surface area contributed by atoms with Crippen molar-refractivity contribution in [3.05, 3.63) is 40.6 Å². The molecule has 2 amide bonds. The molecule has 9 nitrogen and oxygen atoms in total. The van der Waals surface area contributed by atoms with Crippen molar-refractivity contribution in [2.45, 2.75) is 32.5 Å². The molecule has 34 heavy (non-hydrogen) atoms. The molecule has 180 valence electrons. The molecular formula is C24H30N6O3S. The number of hydrazone groups is 1. The summed E-state index contributed by atoms with van der Waals surface area (Å²) in [5.41, 5.74) is 5.16. The molecule has 1 saturated heterocycles. The van der Waals surface area contributed by atoms with Gasteiger partial charge in [-0.1, -0.05) is 6.92 Å². The zero-order valence-corrected chi connectivity index (χ0v) is 20.4. The smallest absolute Gasteiger partial charge is 0.269 e. The van der Waals surface area contributed by atoms with Crippen LogP contribution in [0.4, 0.5) is 11.4 Å². The Kier molecular flexibility index (Phi) is 6.32. The lowest BCUT2D eigenvalue weighted by molar-refractivity contribution is -0.131. The number of methoxy groups -OCH3 is 1. The summed E-state index contributed by atoms with van der Waals surface area (Å²) in [5, 5.41) is 6.47. The van der Waals surface area contributed by atoms with Gasteiger partial charge in [0.25, 0.3) is 5.91 Å². The quantitative estimate of drug-likeness (QED) is 0.654. The van der Waals surface area contributed by atoms with E-state index in [0.717, 1.165) is 47.3 Å². The van der Waals surface area contributed by atoms with Gasteiger partial charge in [0.15, 0.2) is 0 Å². The van der Waals surface area contributed by atoms with Crippen molar-refractivity contribution >= 4 is 40.4 Å². The predicted octanol–water partition coefficient (Wildman–Crippen LogP) is 2.76. The molecule has 1 N–H and O–H groups in total. The third kappa shape index (κ3) is 4.06. The van der Waals surface area contributed by atoms with Gasteiger partial charge in [0.1, 0.15) is 16.5 Å². The van der Waals surface area contributed by atoms with Crippen molar-refractivity contribution in [2.24, 2.45) is 5.10 Å². The Bertz CT molecular complexity index is 1080. The number of amides is 2. The second kappa shape index (κ2) is 9.54. The summed E-state index contributed by atoms with van der Waals surface area (Å²) in [7, 11) is 1.66.